The molecule has 1 aromatic rings. The highest BCUT2D eigenvalue weighted by atomic mass is 16.2. The Kier molecular flexibility index (Phi) is 8.73. The first-order chi connectivity index (χ1) is 18.8. The van der Waals surface area contributed by atoms with Gasteiger partial charge in [-0.1, -0.05) is 0 Å². The van der Waals surface area contributed by atoms with E-state index in [1.807, 2.05) is 25.1 Å². The molecule has 1 saturated carbocycles. The zero-order valence-electron chi connectivity index (χ0n) is 22.4. The number of aromatic nitrogens is 1. The van der Waals surface area contributed by atoms with E-state index < -0.39 is 6.03 Å². The third kappa shape index (κ3) is 6.50. The highest BCUT2D eigenvalue weighted by Gasteiger charge is 2.40. The van der Waals surface area contributed by atoms with E-state index in [0.717, 1.165) is 24.9 Å². The van der Waals surface area contributed by atoms with E-state index in [1.165, 1.54) is 23.4 Å². The maximum absolute atomic E-state index is 13.2. The number of likely N-dealkylation sites (N-methyl/N-ethyl adjacent to an activating group) is 2. The molecule has 4 N–H and O–H groups in total. The van der Waals surface area contributed by atoms with E-state index in [1.54, 1.807) is 4.90 Å². The number of nitrogens with zero attached hydrogens (tertiary/aromatic N) is 6. The molecular formula is C27H35N9O3. The monoisotopic (exact) mass is 533 g/mol. The number of rotatable bonds is 9. The van der Waals surface area contributed by atoms with Crippen LogP contribution in [0.4, 0.5) is 10.6 Å². The summed E-state index contributed by atoms with van der Waals surface area (Å²) in [5.41, 5.74) is 7.78. The lowest BCUT2D eigenvalue weighted by Gasteiger charge is -2.33. The van der Waals surface area contributed by atoms with Crippen LogP contribution in [0.3, 0.4) is 0 Å². The number of aliphatic imine (C=N–C) groups is 1. The molecule has 0 bridgehead atoms. The number of hydrogen-bond acceptors (Lipinski definition) is 9. The molecule has 1 aromatic heterocycles. The van der Waals surface area contributed by atoms with Crippen LogP contribution in [0.1, 0.15) is 40.9 Å². The maximum atomic E-state index is 13.2. The summed E-state index contributed by atoms with van der Waals surface area (Å²) >= 11 is 0. The van der Waals surface area contributed by atoms with Gasteiger partial charge in [-0.3, -0.25) is 24.4 Å². The van der Waals surface area contributed by atoms with Gasteiger partial charge in [-0.25, -0.2) is 9.78 Å². The van der Waals surface area contributed by atoms with Gasteiger partial charge in [-0.2, -0.15) is 5.26 Å². The number of hydrogen-bond donors (Lipinski definition) is 3. The normalized spacial score (nSPS) is 19.6. The minimum Gasteiger partial charge on any atom is -0.405 e. The first-order valence-electron chi connectivity index (χ1n) is 13.1. The van der Waals surface area contributed by atoms with Crippen molar-refractivity contribution in [1.82, 2.24) is 25.4 Å². The quantitative estimate of drug-likeness (QED) is 0.238. The van der Waals surface area contributed by atoms with Crippen molar-refractivity contribution in [2.45, 2.75) is 37.8 Å². The Bertz CT molecular complexity index is 1260. The van der Waals surface area contributed by atoms with Gasteiger partial charge in [0.2, 0.25) is 5.91 Å². The zero-order valence-corrected chi connectivity index (χ0v) is 22.4. The van der Waals surface area contributed by atoms with Crippen molar-refractivity contribution in [3.05, 3.63) is 46.9 Å². The van der Waals surface area contributed by atoms with E-state index in [9.17, 15) is 19.6 Å². The Morgan fingerprint density at radius 3 is 2.77 bits per heavy atom. The van der Waals surface area contributed by atoms with Gasteiger partial charge in [0, 0.05) is 43.5 Å². The first-order valence-corrected chi connectivity index (χ1v) is 13.1. The number of urea groups is 1. The number of carbonyl (C=O) groups is 3. The number of aldehydes is 1. The fraction of sp³-hybridized carbons (Fsp3) is 0.481. The van der Waals surface area contributed by atoms with Gasteiger partial charge in [0.1, 0.15) is 17.6 Å². The van der Waals surface area contributed by atoms with Gasteiger partial charge in [-0.05, 0) is 63.7 Å². The summed E-state index contributed by atoms with van der Waals surface area (Å²) in [5.74, 6) is 0.409. The summed E-state index contributed by atoms with van der Waals surface area (Å²) < 4.78 is 0. The van der Waals surface area contributed by atoms with Crippen LogP contribution in [-0.4, -0.2) is 91.1 Å². The van der Waals surface area contributed by atoms with Crippen LogP contribution >= 0.6 is 0 Å². The number of pyridine rings is 1. The molecule has 0 radical (unpaired) electrons. The SMILES string of the molecule is CNC1(CN=C(/C=C/N)C(C#N)=CNC(=O)N2CCCc3cc(CN4CCN(C)CC4=O)c(C=O)nc32)CC1. The van der Waals surface area contributed by atoms with Crippen molar-refractivity contribution in [3.63, 3.8) is 0 Å². The van der Waals surface area contributed by atoms with Crippen LogP contribution in [0.5, 0.6) is 0 Å². The minimum atomic E-state index is -0.472. The second-order valence-corrected chi connectivity index (χ2v) is 10.2. The molecule has 3 aliphatic rings. The van der Waals surface area contributed by atoms with E-state index >= 15 is 0 Å². The Morgan fingerprint density at radius 1 is 1.33 bits per heavy atom. The van der Waals surface area contributed by atoms with E-state index in [0.29, 0.717) is 68.9 Å². The number of nitriles is 1. The standard InChI is InChI=1S/C27H35N9O3/c1-30-27(6-7-27)18-32-22(5-8-28)21(13-29)14-31-26(39)36-9-3-4-19-12-20(23(17-37)33-25(19)36)15-35-11-10-34(2)16-24(35)38/h5,8,12,14,17,30H,3-4,6-7,9-11,15-16,18,28H2,1-2H3,(H,31,39)/b8-5+,21-14?,32-22?. The van der Waals surface area contributed by atoms with Gasteiger partial charge < -0.3 is 21.3 Å². The number of carbonyl (C=O) groups excluding carboxylic acids is 3. The Hall–Kier alpha value is -4.08. The number of aryl methyl sites for hydroxylation is 1. The summed E-state index contributed by atoms with van der Waals surface area (Å²) in [7, 11) is 3.79. The molecule has 39 heavy (non-hydrogen) atoms. The van der Waals surface area contributed by atoms with Crippen LogP contribution in [-0.2, 0) is 17.8 Å². The highest BCUT2D eigenvalue weighted by Crippen LogP contribution is 2.35. The molecule has 3 amide bonds. The highest BCUT2D eigenvalue weighted by molar-refractivity contribution is 6.11. The summed E-state index contributed by atoms with van der Waals surface area (Å²) in [4.78, 5) is 51.8. The van der Waals surface area contributed by atoms with Gasteiger partial charge in [0.05, 0.1) is 24.4 Å². The van der Waals surface area contributed by atoms with Gasteiger partial charge in [0.15, 0.2) is 6.29 Å². The fourth-order valence-electron chi connectivity index (χ4n) is 4.75. The molecule has 3 heterocycles. The fourth-order valence-corrected chi connectivity index (χ4v) is 4.75. The third-order valence-corrected chi connectivity index (χ3v) is 7.43. The molecule has 4 rings (SSSR count). The molecular weight excluding hydrogens is 498 g/mol. The molecule has 12 heteroatoms. The second-order valence-electron chi connectivity index (χ2n) is 10.2. The van der Waals surface area contributed by atoms with Crippen molar-refractivity contribution >= 4 is 29.8 Å². The number of allylic oxidation sites excluding steroid dienone is 2. The molecule has 2 aliphatic heterocycles. The van der Waals surface area contributed by atoms with Crippen LogP contribution in [0.25, 0.3) is 0 Å². The molecule has 0 unspecified atom stereocenters. The van der Waals surface area contributed by atoms with Crippen LogP contribution < -0.4 is 21.3 Å². The predicted molar refractivity (Wildman–Crippen MR) is 147 cm³/mol. The molecule has 1 saturated heterocycles. The van der Waals surface area contributed by atoms with Crippen LogP contribution in [0.15, 0.2) is 35.1 Å². The Labute approximate surface area is 228 Å². The number of fused-ring (bicyclic) bond motifs is 1. The number of amides is 3. The Morgan fingerprint density at radius 2 is 2.13 bits per heavy atom. The first kappa shape index (κ1) is 27.9. The molecule has 1 aliphatic carbocycles. The topological polar surface area (TPSA) is 160 Å². The average Bonchev–Trinajstić information content (AvgIpc) is 3.73. The number of anilines is 1. The third-order valence-electron chi connectivity index (χ3n) is 7.43. The van der Waals surface area contributed by atoms with Crippen molar-refractivity contribution in [1.29, 1.82) is 5.26 Å². The van der Waals surface area contributed by atoms with Gasteiger partial charge in [-0.15, -0.1) is 0 Å². The van der Waals surface area contributed by atoms with E-state index in [4.69, 9.17) is 5.73 Å². The number of nitrogens with one attached hydrogen (secondary N) is 2. The largest absolute Gasteiger partial charge is 0.405 e. The lowest BCUT2D eigenvalue weighted by Crippen LogP contribution is -2.48. The lowest BCUT2D eigenvalue weighted by atomic mass is 10.0. The van der Waals surface area contributed by atoms with Gasteiger partial charge >= 0.3 is 6.03 Å². The predicted octanol–water partition coefficient (Wildman–Crippen LogP) is 0.703. The lowest BCUT2D eigenvalue weighted by molar-refractivity contribution is -0.136. The van der Waals surface area contributed by atoms with Crippen LogP contribution in [0.2, 0.25) is 0 Å². The zero-order chi connectivity index (χ0) is 28.0. The smallest absolute Gasteiger partial charge is 0.327 e. The number of piperazine rings is 1. The second kappa shape index (κ2) is 12.2. The maximum Gasteiger partial charge on any atom is 0.327 e. The average molecular weight is 534 g/mol. The molecule has 12 nitrogen and oxygen atoms in total. The molecule has 0 aromatic carbocycles. The van der Waals surface area contributed by atoms with Crippen molar-refractivity contribution in [2.24, 2.45) is 10.7 Å². The molecule has 206 valence electrons. The molecule has 0 spiro atoms. The summed E-state index contributed by atoms with van der Waals surface area (Å²) in [6.45, 7) is 2.88. The minimum absolute atomic E-state index is 0.00468. The van der Waals surface area contributed by atoms with Gasteiger partial charge in [0.25, 0.3) is 0 Å². The van der Waals surface area contributed by atoms with E-state index in [-0.39, 0.29) is 22.7 Å². The van der Waals surface area contributed by atoms with Crippen molar-refractivity contribution in [2.75, 3.05) is 51.7 Å². The van der Waals surface area contributed by atoms with E-state index in [2.05, 4.69) is 26.7 Å². The summed E-state index contributed by atoms with van der Waals surface area (Å²) in [5, 5.41) is 15.7. The Balaban J connectivity index is 1.52. The summed E-state index contributed by atoms with van der Waals surface area (Å²) in [6.07, 6.45) is 8.24. The van der Waals surface area contributed by atoms with Crippen LogP contribution in [0, 0.1) is 11.3 Å². The van der Waals surface area contributed by atoms with Crippen molar-refractivity contribution in [3.8, 4) is 6.07 Å². The summed E-state index contributed by atoms with van der Waals surface area (Å²) in [6, 6.07) is 3.49. The number of nitrogens with two attached hydrogens (primary N) is 1. The van der Waals surface area contributed by atoms with Crippen molar-refractivity contribution < 1.29 is 14.4 Å². The molecule has 0 atom stereocenters. The molecule has 2 fully saturated rings.